The van der Waals surface area contributed by atoms with Crippen LogP contribution in [-0.4, -0.2) is 58.8 Å². The molecule has 3 rings (SSSR count). The van der Waals surface area contributed by atoms with E-state index in [1.165, 1.54) is 24.3 Å². The minimum Gasteiger partial charge on any atom is -0.479 e. The molecule has 0 bridgehead atoms. The van der Waals surface area contributed by atoms with Gasteiger partial charge >= 0.3 is 0 Å². The van der Waals surface area contributed by atoms with Crippen LogP contribution in [0, 0.1) is 5.92 Å². The first-order valence-electron chi connectivity index (χ1n) is 8.02. The van der Waals surface area contributed by atoms with Crippen LogP contribution < -0.4 is 4.74 Å². The zero-order valence-corrected chi connectivity index (χ0v) is 15.5. The number of alkyl halides is 1. The third kappa shape index (κ3) is 3.54. The Balaban J connectivity index is 1.89. The first-order valence-corrected chi connectivity index (χ1v) is 10.8. The third-order valence-electron chi connectivity index (χ3n) is 4.12. The average molecular weight is 372 g/mol. The molecule has 4 atom stereocenters. The van der Waals surface area contributed by atoms with Crippen molar-refractivity contribution < 1.29 is 23.2 Å². The number of halogens is 1. The summed E-state index contributed by atoms with van der Waals surface area (Å²) in [5.41, 5.74) is 0.858. The molecule has 1 aliphatic heterocycles. The van der Waals surface area contributed by atoms with E-state index in [0.717, 1.165) is 0 Å². The van der Waals surface area contributed by atoms with E-state index < -0.39 is 31.7 Å². The number of hydrogen-bond acceptors (Lipinski definition) is 7. The van der Waals surface area contributed by atoms with E-state index in [-0.39, 0.29) is 6.35 Å². The molecule has 1 fully saturated rings. The van der Waals surface area contributed by atoms with Gasteiger partial charge in [0.2, 0.25) is 5.88 Å². The van der Waals surface area contributed by atoms with Gasteiger partial charge in [-0.05, 0) is 19.8 Å². The number of fused-ring (bicyclic) bond motifs is 1. The summed E-state index contributed by atoms with van der Waals surface area (Å²) < 4.78 is 45.0. The van der Waals surface area contributed by atoms with E-state index in [0.29, 0.717) is 23.5 Å². The minimum absolute atomic E-state index is 0.0499. The average Bonchev–Trinajstić information content (AvgIpc) is 3.12. The number of nitrogens with zero attached hydrogens (tertiary/aromatic N) is 4. The Morgan fingerprint density at radius 1 is 1.36 bits per heavy atom. The van der Waals surface area contributed by atoms with Crippen molar-refractivity contribution in [1.82, 2.24) is 19.5 Å². The minimum atomic E-state index is -2.39. The molecule has 3 heterocycles. The van der Waals surface area contributed by atoms with E-state index >= 15 is 0 Å². The lowest BCUT2D eigenvalue weighted by Crippen LogP contribution is -2.24. The number of imidazole rings is 1. The maximum Gasteiger partial charge on any atom is 0.245 e. The van der Waals surface area contributed by atoms with Crippen molar-refractivity contribution in [1.29, 1.82) is 0 Å². The topological polar surface area (TPSA) is 88.4 Å². The SMILES string of the molecule is CC[C@@H]1[C@@H](OCP(C)(C)=O)O[C@@H](n2cnc3c(OC)ncnc32)[C@H]1F. The van der Waals surface area contributed by atoms with Crippen molar-refractivity contribution in [2.75, 3.05) is 26.8 Å². The van der Waals surface area contributed by atoms with Crippen LogP contribution in [0.3, 0.4) is 0 Å². The van der Waals surface area contributed by atoms with Gasteiger partial charge in [-0.15, -0.1) is 0 Å². The van der Waals surface area contributed by atoms with Crippen molar-refractivity contribution in [3.63, 3.8) is 0 Å². The zero-order chi connectivity index (χ0) is 18.2. The molecule has 0 radical (unpaired) electrons. The van der Waals surface area contributed by atoms with Crippen molar-refractivity contribution in [3.8, 4) is 5.88 Å². The molecule has 138 valence electrons. The Kier molecular flexibility index (Phi) is 5.09. The molecule has 0 aliphatic carbocycles. The highest BCUT2D eigenvalue weighted by Gasteiger charge is 2.46. The molecule has 0 aromatic carbocycles. The van der Waals surface area contributed by atoms with Gasteiger partial charge in [0, 0.05) is 5.92 Å². The third-order valence-corrected chi connectivity index (χ3v) is 4.89. The molecular weight excluding hydrogens is 350 g/mol. The van der Waals surface area contributed by atoms with Crippen LogP contribution >= 0.6 is 7.14 Å². The van der Waals surface area contributed by atoms with Gasteiger partial charge in [0.05, 0.1) is 13.4 Å². The molecule has 0 unspecified atom stereocenters. The number of methoxy groups -OCH3 is 1. The van der Waals surface area contributed by atoms with Crippen LogP contribution in [0.1, 0.15) is 19.6 Å². The second-order valence-electron chi connectivity index (χ2n) is 6.49. The first kappa shape index (κ1) is 18.2. The highest BCUT2D eigenvalue weighted by atomic mass is 31.2. The first-order chi connectivity index (χ1) is 11.9. The second-order valence-corrected chi connectivity index (χ2v) is 9.89. The Bertz CT molecular complexity index is 795. The lowest BCUT2D eigenvalue weighted by molar-refractivity contribution is -0.153. The van der Waals surface area contributed by atoms with Gasteiger partial charge < -0.3 is 18.8 Å². The molecule has 2 aromatic rings. The van der Waals surface area contributed by atoms with Gasteiger partial charge in [-0.1, -0.05) is 6.92 Å². The Labute approximate surface area is 145 Å². The summed E-state index contributed by atoms with van der Waals surface area (Å²) in [6, 6.07) is 0. The molecule has 1 saturated heterocycles. The summed E-state index contributed by atoms with van der Waals surface area (Å²) in [4.78, 5) is 12.4. The summed E-state index contributed by atoms with van der Waals surface area (Å²) in [5, 5.41) is 0. The van der Waals surface area contributed by atoms with Crippen LogP contribution in [0.4, 0.5) is 4.39 Å². The Morgan fingerprint density at radius 2 is 2.12 bits per heavy atom. The van der Waals surface area contributed by atoms with E-state index in [9.17, 15) is 8.96 Å². The second kappa shape index (κ2) is 6.97. The normalized spacial score (nSPS) is 27.1. The van der Waals surface area contributed by atoms with Crippen molar-refractivity contribution in [3.05, 3.63) is 12.7 Å². The van der Waals surface area contributed by atoms with Gasteiger partial charge in [0.25, 0.3) is 0 Å². The van der Waals surface area contributed by atoms with Gasteiger partial charge in [0.1, 0.15) is 19.8 Å². The van der Waals surface area contributed by atoms with E-state index in [2.05, 4.69) is 15.0 Å². The quantitative estimate of drug-likeness (QED) is 0.720. The predicted molar refractivity (Wildman–Crippen MR) is 89.9 cm³/mol. The highest BCUT2D eigenvalue weighted by Crippen LogP contribution is 2.43. The van der Waals surface area contributed by atoms with E-state index in [4.69, 9.17) is 14.2 Å². The van der Waals surface area contributed by atoms with Crippen molar-refractivity contribution >= 4 is 18.3 Å². The van der Waals surface area contributed by atoms with Crippen LogP contribution in [0.2, 0.25) is 0 Å². The maximum atomic E-state index is 15.0. The van der Waals surface area contributed by atoms with E-state index in [1.54, 1.807) is 13.3 Å². The Morgan fingerprint density at radius 3 is 2.76 bits per heavy atom. The fraction of sp³-hybridized carbons (Fsp3) is 0.667. The number of rotatable bonds is 6. The number of aromatic nitrogens is 4. The summed E-state index contributed by atoms with van der Waals surface area (Å²) in [5.74, 6) is -0.146. The van der Waals surface area contributed by atoms with Crippen LogP contribution in [0.25, 0.3) is 11.2 Å². The summed E-state index contributed by atoms with van der Waals surface area (Å²) >= 11 is 0. The summed E-state index contributed by atoms with van der Waals surface area (Å²) in [6.45, 7) is 5.12. The lowest BCUT2D eigenvalue weighted by Gasteiger charge is -2.19. The molecule has 8 nitrogen and oxygen atoms in total. The lowest BCUT2D eigenvalue weighted by atomic mass is 10.0. The van der Waals surface area contributed by atoms with Crippen LogP contribution in [0.5, 0.6) is 5.88 Å². The Hall–Kier alpha value is -1.57. The van der Waals surface area contributed by atoms with Crippen molar-refractivity contribution in [2.45, 2.75) is 32.0 Å². The highest BCUT2D eigenvalue weighted by molar-refractivity contribution is 7.62. The predicted octanol–water partition coefficient (Wildman–Crippen LogP) is 2.65. The monoisotopic (exact) mass is 372 g/mol. The molecule has 1 aliphatic rings. The van der Waals surface area contributed by atoms with Gasteiger partial charge in [-0.25, -0.2) is 14.4 Å². The molecular formula is C15H22FN4O4P. The fourth-order valence-electron chi connectivity index (χ4n) is 2.89. The fourth-order valence-corrected chi connectivity index (χ4v) is 3.40. The molecule has 0 saturated carbocycles. The maximum absolute atomic E-state index is 15.0. The molecule has 0 amide bonds. The van der Waals surface area contributed by atoms with Crippen LogP contribution in [0.15, 0.2) is 12.7 Å². The van der Waals surface area contributed by atoms with Gasteiger partial charge in [-0.3, -0.25) is 4.57 Å². The molecule has 0 N–H and O–H groups in total. The van der Waals surface area contributed by atoms with Crippen molar-refractivity contribution in [2.24, 2.45) is 5.92 Å². The van der Waals surface area contributed by atoms with Gasteiger partial charge in [-0.2, -0.15) is 4.98 Å². The standard InChI is InChI=1S/C15H22FN4O4P/c1-5-9-10(16)14(24-15(9)23-8-25(3,4)21)20-7-19-11-12(20)17-6-18-13(11)22-2/h6-7,9-10,14-15H,5,8H2,1-4H3/t9-,10-,14+,15-/m0/s1. The largest absolute Gasteiger partial charge is 0.479 e. The number of hydrogen-bond donors (Lipinski definition) is 0. The molecule has 0 spiro atoms. The molecule has 2 aromatic heterocycles. The molecule has 10 heteroatoms. The summed E-state index contributed by atoms with van der Waals surface area (Å²) in [7, 11) is -0.904. The zero-order valence-electron chi connectivity index (χ0n) is 14.6. The van der Waals surface area contributed by atoms with Gasteiger partial charge in [0.15, 0.2) is 29.9 Å². The summed E-state index contributed by atoms with van der Waals surface area (Å²) in [6.07, 6.45) is 0.378. The van der Waals surface area contributed by atoms with Crippen LogP contribution in [-0.2, 0) is 14.0 Å². The number of ether oxygens (including phenoxy) is 3. The molecule has 25 heavy (non-hydrogen) atoms. The van der Waals surface area contributed by atoms with E-state index in [1.807, 2.05) is 6.92 Å². The smallest absolute Gasteiger partial charge is 0.245 e.